The highest BCUT2D eigenvalue weighted by Crippen LogP contribution is 2.28. The van der Waals surface area contributed by atoms with Crippen LogP contribution in [0.1, 0.15) is 42.1 Å². The molecule has 0 bridgehead atoms. The second-order valence-electron chi connectivity index (χ2n) is 5.70. The summed E-state index contributed by atoms with van der Waals surface area (Å²) in [7, 11) is 0. The van der Waals surface area contributed by atoms with Crippen LogP contribution in [-0.4, -0.2) is 23.6 Å². The van der Waals surface area contributed by atoms with Crippen LogP contribution in [0.3, 0.4) is 0 Å². The van der Waals surface area contributed by atoms with Crippen LogP contribution in [0.25, 0.3) is 0 Å². The third-order valence-corrected chi connectivity index (χ3v) is 3.92. The van der Waals surface area contributed by atoms with Crippen molar-refractivity contribution in [1.29, 1.82) is 0 Å². The predicted molar refractivity (Wildman–Crippen MR) is 92.1 cm³/mol. The molecule has 132 valence electrons. The molecule has 0 heterocycles. The molecular formula is C19H20NO5-. The Kier molecular flexibility index (Phi) is 6.00. The lowest BCUT2D eigenvalue weighted by Gasteiger charge is -2.16. The summed E-state index contributed by atoms with van der Waals surface area (Å²) in [5.74, 6) is -1.30. The molecule has 1 amide bonds. The number of hydrogen-bond donors (Lipinski definition) is 2. The Labute approximate surface area is 146 Å². The van der Waals surface area contributed by atoms with Gasteiger partial charge in [-0.15, -0.1) is 5.75 Å². The van der Waals surface area contributed by atoms with E-state index in [9.17, 15) is 14.7 Å². The summed E-state index contributed by atoms with van der Waals surface area (Å²) >= 11 is 0. The van der Waals surface area contributed by atoms with Crippen LogP contribution in [-0.2, 0) is 4.79 Å². The zero-order chi connectivity index (χ0) is 18.4. The highest BCUT2D eigenvalue weighted by Gasteiger charge is 2.14. The maximum absolute atomic E-state index is 12.1. The Balaban J connectivity index is 2.07. The molecule has 0 aliphatic heterocycles. The van der Waals surface area contributed by atoms with E-state index in [1.165, 1.54) is 12.1 Å². The van der Waals surface area contributed by atoms with Crippen LogP contribution in [0, 0.1) is 0 Å². The second kappa shape index (κ2) is 8.19. The molecule has 2 aromatic rings. The molecule has 0 aromatic heterocycles. The summed E-state index contributed by atoms with van der Waals surface area (Å²) in [6, 6.07) is 10.9. The van der Waals surface area contributed by atoms with Gasteiger partial charge in [0.25, 0.3) is 5.91 Å². The molecule has 2 rings (SSSR count). The second-order valence-corrected chi connectivity index (χ2v) is 5.70. The maximum Gasteiger partial charge on any atom is 0.337 e. The Bertz CT molecular complexity index is 772. The predicted octanol–water partition coefficient (Wildman–Crippen LogP) is 2.99. The Morgan fingerprint density at radius 2 is 1.96 bits per heavy atom. The number of carbonyl (C=O) groups excluding carboxylic acids is 1. The lowest BCUT2D eigenvalue weighted by atomic mass is 9.98. The van der Waals surface area contributed by atoms with Gasteiger partial charge in [-0.3, -0.25) is 4.79 Å². The van der Waals surface area contributed by atoms with E-state index in [-0.39, 0.29) is 17.9 Å². The summed E-state index contributed by atoms with van der Waals surface area (Å²) in [6.07, 6.45) is 0.941. The summed E-state index contributed by atoms with van der Waals surface area (Å²) in [5.41, 5.74) is 0.830. The van der Waals surface area contributed by atoms with Gasteiger partial charge in [0.1, 0.15) is 5.75 Å². The summed E-state index contributed by atoms with van der Waals surface area (Å²) < 4.78 is 5.60. The highest BCUT2D eigenvalue weighted by atomic mass is 16.5. The third kappa shape index (κ3) is 4.73. The van der Waals surface area contributed by atoms with Crippen molar-refractivity contribution in [2.75, 3.05) is 11.9 Å². The van der Waals surface area contributed by atoms with Crippen LogP contribution < -0.4 is 15.2 Å². The average Bonchev–Trinajstić information content (AvgIpc) is 2.61. The molecule has 0 fully saturated rings. The number of para-hydroxylation sites is 1. The van der Waals surface area contributed by atoms with E-state index in [2.05, 4.69) is 19.2 Å². The number of nitrogens with one attached hydrogen (secondary N) is 1. The highest BCUT2D eigenvalue weighted by molar-refractivity contribution is 6.01. The van der Waals surface area contributed by atoms with Gasteiger partial charge in [0, 0.05) is 0 Å². The zero-order valence-electron chi connectivity index (χ0n) is 14.1. The van der Waals surface area contributed by atoms with Gasteiger partial charge in [-0.2, -0.15) is 0 Å². The fourth-order valence-corrected chi connectivity index (χ4v) is 2.38. The lowest BCUT2D eigenvalue weighted by Crippen LogP contribution is -2.22. The molecule has 0 aliphatic carbocycles. The number of carbonyl (C=O) groups is 2. The molecule has 6 heteroatoms. The standard InChI is InChI=1S/C19H21NO5/c1-3-12(2)14-6-4-5-7-17(14)25-11-18(22)20-16-9-8-13(21)10-15(16)19(23)24/h4-10,12,21H,3,11H2,1-2H3,(H,20,22)(H,23,24)/p-1/t12-/m0/s1. The van der Waals surface area contributed by atoms with Crippen molar-refractivity contribution in [2.24, 2.45) is 0 Å². The molecule has 0 aliphatic rings. The zero-order valence-corrected chi connectivity index (χ0v) is 14.1. The molecule has 6 nitrogen and oxygen atoms in total. The first-order chi connectivity index (χ1) is 11.9. The van der Waals surface area contributed by atoms with Crippen molar-refractivity contribution in [1.82, 2.24) is 0 Å². The monoisotopic (exact) mass is 342 g/mol. The van der Waals surface area contributed by atoms with Crippen LogP contribution in [0.15, 0.2) is 42.5 Å². The largest absolute Gasteiger partial charge is 0.872 e. The molecule has 2 N–H and O–H groups in total. The van der Waals surface area contributed by atoms with Crippen molar-refractivity contribution < 1.29 is 24.5 Å². The number of carboxylic acid groups (broad SMARTS) is 1. The third-order valence-electron chi connectivity index (χ3n) is 3.92. The van der Waals surface area contributed by atoms with Gasteiger partial charge in [0.15, 0.2) is 6.61 Å². The van der Waals surface area contributed by atoms with Crippen LogP contribution in [0.4, 0.5) is 5.69 Å². The summed E-state index contributed by atoms with van der Waals surface area (Å²) in [4.78, 5) is 23.3. The van der Waals surface area contributed by atoms with E-state index in [0.717, 1.165) is 18.1 Å². The van der Waals surface area contributed by atoms with Gasteiger partial charge in [-0.25, -0.2) is 4.79 Å². The van der Waals surface area contributed by atoms with E-state index < -0.39 is 17.6 Å². The number of amides is 1. The fourth-order valence-electron chi connectivity index (χ4n) is 2.38. The maximum atomic E-state index is 12.1. The first-order valence-corrected chi connectivity index (χ1v) is 7.98. The minimum absolute atomic E-state index is 0.0657. The number of benzene rings is 2. The minimum Gasteiger partial charge on any atom is -0.872 e. The fraction of sp³-hybridized carbons (Fsp3) is 0.263. The molecule has 1 atom stereocenters. The topological polar surface area (TPSA) is 98.7 Å². The summed E-state index contributed by atoms with van der Waals surface area (Å²) in [6.45, 7) is 3.89. The number of hydrogen-bond acceptors (Lipinski definition) is 4. The Hall–Kier alpha value is -3.02. The van der Waals surface area contributed by atoms with Crippen LogP contribution in [0.2, 0.25) is 0 Å². The number of anilines is 1. The van der Waals surface area contributed by atoms with Crippen molar-refractivity contribution in [3.63, 3.8) is 0 Å². The summed E-state index contributed by atoms with van der Waals surface area (Å²) in [5, 5.41) is 22.9. The van der Waals surface area contributed by atoms with Gasteiger partial charge in [0.05, 0.1) is 11.3 Å². The average molecular weight is 342 g/mol. The van der Waals surface area contributed by atoms with Crippen LogP contribution in [0.5, 0.6) is 11.5 Å². The van der Waals surface area contributed by atoms with E-state index in [1.807, 2.05) is 18.2 Å². The SMILES string of the molecule is CC[C@H](C)c1ccccc1OCC(=O)Nc1ccc([O-])cc1C(=O)O. The van der Waals surface area contributed by atoms with Crippen LogP contribution >= 0.6 is 0 Å². The first-order valence-electron chi connectivity index (χ1n) is 7.98. The van der Waals surface area contributed by atoms with Gasteiger partial charge in [0.2, 0.25) is 0 Å². The molecule has 2 aromatic carbocycles. The van der Waals surface area contributed by atoms with Crippen molar-refractivity contribution in [2.45, 2.75) is 26.2 Å². The van der Waals surface area contributed by atoms with E-state index >= 15 is 0 Å². The smallest absolute Gasteiger partial charge is 0.337 e. The molecule has 25 heavy (non-hydrogen) atoms. The van der Waals surface area contributed by atoms with E-state index in [4.69, 9.17) is 9.84 Å². The van der Waals surface area contributed by atoms with Crippen molar-refractivity contribution in [3.05, 3.63) is 53.6 Å². The van der Waals surface area contributed by atoms with E-state index in [0.29, 0.717) is 11.7 Å². The normalized spacial score (nSPS) is 11.6. The van der Waals surface area contributed by atoms with E-state index in [1.54, 1.807) is 6.07 Å². The minimum atomic E-state index is -1.28. The molecule has 0 radical (unpaired) electrons. The number of carboxylic acids is 1. The molecule has 0 saturated carbocycles. The van der Waals surface area contributed by atoms with Gasteiger partial charge in [-0.05, 0) is 30.0 Å². The molecule has 0 saturated heterocycles. The lowest BCUT2D eigenvalue weighted by molar-refractivity contribution is -0.268. The van der Waals surface area contributed by atoms with Gasteiger partial charge >= 0.3 is 5.97 Å². The number of aromatic carboxylic acids is 1. The first kappa shape index (κ1) is 18.3. The quantitative estimate of drug-likeness (QED) is 0.806. The van der Waals surface area contributed by atoms with Gasteiger partial charge in [-0.1, -0.05) is 44.2 Å². The van der Waals surface area contributed by atoms with Crippen molar-refractivity contribution >= 4 is 17.6 Å². The Morgan fingerprint density at radius 3 is 2.64 bits per heavy atom. The molecule has 0 spiro atoms. The molecular weight excluding hydrogens is 322 g/mol. The van der Waals surface area contributed by atoms with Crippen molar-refractivity contribution in [3.8, 4) is 11.5 Å². The number of rotatable bonds is 7. The molecule has 0 unspecified atom stereocenters. The Morgan fingerprint density at radius 1 is 1.24 bits per heavy atom. The number of ether oxygens (including phenoxy) is 1. The van der Waals surface area contributed by atoms with Gasteiger partial charge < -0.3 is 20.3 Å².